The highest BCUT2D eigenvalue weighted by Gasteiger charge is 2.20. The predicted octanol–water partition coefficient (Wildman–Crippen LogP) is 1.10. The molecule has 0 aliphatic rings. The highest BCUT2D eigenvalue weighted by molar-refractivity contribution is 7.92. The number of hydrogen-bond donors (Lipinski definition) is 2. The second kappa shape index (κ2) is 5.61. The van der Waals surface area contributed by atoms with Crippen molar-refractivity contribution in [2.45, 2.75) is 11.9 Å². The van der Waals surface area contributed by atoms with Crippen LogP contribution in [0.25, 0.3) is 0 Å². The molecule has 2 aromatic heterocycles. The van der Waals surface area contributed by atoms with Gasteiger partial charge in [0.25, 0.3) is 10.0 Å². The Morgan fingerprint density at radius 3 is 2.68 bits per heavy atom. The van der Waals surface area contributed by atoms with E-state index in [1.54, 1.807) is 12.1 Å². The van der Waals surface area contributed by atoms with Gasteiger partial charge in [-0.05, 0) is 19.1 Å². The molecule has 0 aliphatic heterocycles. The molecular weight excluding hydrogens is 266 g/mol. The number of aromatic nitrogens is 3. The van der Waals surface area contributed by atoms with Crippen molar-refractivity contribution in [2.24, 2.45) is 0 Å². The molecule has 2 rings (SSSR count). The largest absolute Gasteiger partial charge is 0.383 e. The molecule has 0 radical (unpaired) electrons. The predicted molar refractivity (Wildman–Crippen MR) is 71.2 cm³/mol. The Balaban J connectivity index is 2.35. The van der Waals surface area contributed by atoms with E-state index in [1.807, 2.05) is 6.92 Å². The Hall–Kier alpha value is -2.22. The van der Waals surface area contributed by atoms with Crippen LogP contribution in [0.4, 0.5) is 11.4 Å². The van der Waals surface area contributed by atoms with Crippen molar-refractivity contribution in [2.75, 3.05) is 16.6 Å². The van der Waals surface area contributed by atoms with E-state index in [0.29, 0.717) is 12.2 Å². The quantitative estimate of drug-likeness (QED) is 0.850. The van der Waals surface area contributed by atoms with Crippen molar-refractivity contribution < 1.29 is 8.42 Å². The van der Waals surface area contributed by atoms with Gasteiger partial charge in [-0.25, -0.2) is 15.0 Å². The summed E-state index contributed by atoms with van der Waals surface area (Å²) >= 11 is 0. The first kappa shape index (κ1) is 13.2. The van der Waals surface area contributed by atoms with Crippen molar-refractivity contribution in [3.8, 4) is 0 Å². The van der Waals surface area contributed by atoms with E-state index in [4.69, 9.17) is 0 Å². The summed E-state index contributed by atoms with van der Waals surface area (Å²) in [6.07, 6.45) is 5.50. The minimum absolute atomic E-state index is 0.0549. The fourth-order valence-corrected chi connectivity index (χ4v) is 2.63. The average molecular weight is 279 g/mol. The molecule has 0 fully saturated rings. The zero-order chi connectivity index (χ0) is 13.7. The molecular formula is C11H13N5O2S. The minimum atomic E-state index is -3.77. The van der Waals surface area contributed by atoms with E-state index in [9.17, 15) is 8.42 Å². The van der Waals surface area contributed by atoms with Gasteiger partial charge in [-0.1, -0.05) is 0 Å². The Morgan fingerprint density at radius 2 is 2.00 bits per heavy atom. The molecule has 0 aromatic carbocycles. The van der Waals surface area contributed by atoms with Crippen molar-refractivity contribution in [3.63, 3.8) is 0 Å². The number of hydrogen-bond acceptors (Lipinski definition) is 6. The molecule has 0 spiro atoms. The Bertz CT molecular complexity index is 645. The molecule has 0 aliphatic carbocycles. The van der Waals surface area contributed by atoms with Gasteiger partial charge < -0.3 is 5.32 Å². The second-order valence-corrected chi connectivity index (χ2v) is 5.22. The summed E-state index contributed by atoms with van der Waals surface area (Å²) in [6.45, 7) is 2.48. The maximum absolute atomic E-state index is 12.2. The number of pyridine rings is 1. The number of anilines is 2. The fraction of sp³-hybridized carbons (Fsp3) is 0.182. The summed E-state index contributed by atoms with van der Waals surface area (Å²) in [5.41, 5.74) is 0.741. The van der Waals surface area contributed by atoms with Gasteiger partial charge in [-0.2, -0.15) is 8.42 Å². The normalized spacial score (nSPS) is 11.0. The molecule has 0 unspecified atom stereocenters. The zero-order valence-corrected chi connectivity index (χ0v) is 11.1. The number of sulfonamides is 1. The maximum Gasteiger partial charge on any atom is 0.281 e. The molecule has 100 valence electrons. The lowest BCUT2D eigenvalue weighted by atomic mass is 10.4. The Morgan fingerprint density at radius 1 is 1.26 bits per heavy atom. The second-order valence-electron chi connectivity index (χ2n) is 3.62. The van der Waals surface area contributed by atoms with Crippen LogP contribution in [0.1, 0.15) is 6.92 Å². The summed E-state index contributed by atoms with van der Waals surface area (Å²) in [5, 5.41) is 2.90. The lowest BCUT2D eigenvalue weighted by Gasteiger charge is -2.11. The lowest BCUT2D eigenvalue weighted by Crippen LogP contribution is -2.17. The third kappa shape index (κ3) is 3.16. The summed E-state index contributed by atoms with van der Waals surface area (Å²) in [6, 6.07) is 3.33. The van der Waals surface area contributed by atoms with Gasteiger partial charge in [-0.15, -0.1) is 0 Å². The van der Waals surface area contributed by atoms with Gasteiger partial charge in [0.1, 0.15) is 6.33 Å². The van der Waals surface area contributed by atoms with Gasteiger partial charge in [-0.3, -0.25) is 4.72 Å². The van der Waals surface area contributed by atoms with Crippen LogP contribution in [0.5, 0.6) is 0 Å². The average Bonchev–Trinajstić information content (AvgIpc) is 2.40. The monoisotopic (exact) mass is 279 g/mol. The van der Waals surface area contributed by atoms with Crippen molar-refractivity contribution in [3.05, 3.63) is 37.1 Å². The third-order valence-corrected chi connectivity index (χ3v) is 3.54. The maximum atomic E-state index is 12.2. The van der Waals surface area contributed by atoms with Crippen molar-refractivity contribution in [1.82, 2.24) is 15.0 Å². The van der Waals surface area contributed by atoms with Crippen LogP contribution >= 0.6 is 0 Å². The number of nitrogens with one attached hydrogen (secondary N) is 2. The molecule has 2 N–H and O–H groups in total. The molecule has 7 nitrogen and oxygen atoms in total. The standard InChI is InChI=1S/C11H13N5O2S/c1-2-14-10-4-3-5-15-11(10)19(17,18)16-9-6-12-8-13-7-9/h3-8,14,16H,2H2,1H3. The van der Waals surface area contributed by atoms with Crippen LogP contribution < -0.4 is 10.0 Å². The smallest absolute Gasteiger partial charge is 0.281 e. The molecule has 0 amide bonds. The highest BCUT2D eigenvalue weighted by Crippen LogP contribution is 2.20. The van der Waals surface area contributed by atoms with Crippen molar-refractivity contribution in [1.29, 1.82) is 0 Å². The first-order valence-electron chi connectivity index (χ1n) is 5.60. The van der Waals surface area contributed by atoms with E-state index < -0.39 is 10.0 Å². The van der Waals surface area contributed by atoms with Crippen LogP contribution in [-0.4, -0.2) is 29.9 Å². The zero-order valence-electron chi connectivity index (χ0n) is 10.2. The van der Waals surface area contributed by atoms with Crippen LogP contribution in [0, 0.1) is 0 Å². The number of rotatable bonds is 5. The SMILES string of the molecule is CCNc1cccnc1S(=O)(=O)Nc1cncnc1. The van der Waals surface area contributed by atoms with Crippen LogP contribution in [-0.2, 0) is 10.0 Å². The summed E-state index contributed by atoms with van der Waals surface area (Å²) in [7, 11) is -3.77. The van der Waals surface area contributed by atoms with E-state index >= 15 is 0 Å². The van der Waals surface area contributed by atoms with E-state index in [-0.39, 0.29) is 10.7 Å². The Labute approximate surface area is 111 Å². The molecule has 8 heteroatoms. The third-order valence-electron chi connectivity index (χ3n) is 2.21. The van der Waals surface area contributed by atoms with E-state index in [2.05, 4.69) is 25.0 Å². The molecule has 2 heterocycles. The van der Waals surface area contributed by atoms with Gasteiger partial charge in [0.2, 0.25) is 0 Å². The van der Waals surface area contributed by atoms with Crippen LogP contribution in [0.2, 0.25) is 0 Å². The first-order chi connectivity index (χ1) is 9.13. The van der Waals surface area contributed by atoms with Gasteiger partial charge in [0, 0.05) is 12.7 Å². The molecule has 0 bridgehead atoms. The minimum Gasteiger partial charge on any atom is -0.383 e. The number of nitrogens with zero attached hydrogens (tertiary/aromatic N) is 3. The summed E-state index contributed by atoms with van der Waals surface area (Å²) in [5.74, 6) is 0. The topological polar surface area (TPSA) is 96.9 Å². The molecule has 19 heavy (non-hydrogen) atoms. The van der Waals surface area contributed by atoms with Crippen LogP contribution in [0.3, 0.4) is 0 Å². The molecule has 0 saturated carbocycles. The highest BCUT2D eigenvalue weighted by atomic mass is 32.2. The molecule has 0 atom stereocenters. The van der Waals surface area contributed by atoms with Crippen molar-refractivity contribution >= 4 is 21.4 Å². The van der Waals surface area contributed by atoms with Gasteiger partial charge in [0.05, 0.1) is 23.8 Å². The van der Waals surface area contributed by atoms with Crippen LogP contribution in [0.15, 0.2) is 42.1 Å². The van der Waals surface area contributed by atoms with E-state index in [1.165, 1.54) is 24.9 Å². The summed E-state index contributed by atoms with van der Waals surface area (Å²) < 4.78 is 26.8. The molecule has 0 saturated heterocycles. The summed E-state index contributed by atoms with van der Waals surface area (Å²) in [4.78, 5) is 11.4. The molecule has 2 aromatic rings. The lowest BCUT2D eigenvalue weighted by molar-refractivity contribution is 0.598. The van der Waals surface area contributed by atoms with Gasteiger partial charge >= 0.3 is 0 Å². The Kier molecular flexibility index (Phi) is 3.91. The first-order valence-corrected chi connectivity index (χ1v) is 7.08. The van der Waals surface area contributed by atoms with E-state index in [0.717, 1.165) is 0 Å². The van der Waals surface area contributed by atoms with Gasteiger partial charge in [0.15, 0.2) is 5.03 Å². The fourth-order valence-electron chi connectivity index (χ4n) is 1.49.